The number of benzene rings is 2. The van der Waals surface area contributed by atoms with Crippen molar-refractivity contribution >= 4 is 22.7 Å². The molecule has 4 aromatic rings. The van der Waals surface area contributed by atoms with Crippen molar-refractivity contribution < 1.29 is 13.2 Å². The molecule has 5 rings (SSSR count). The van der Waals surface area contributed by atoms with Gasteiger partial charge < -0.3 is 16.0 Å². The van der Waals surface area contributed by atoms with Gasteiger partial charge in [-0.2, -0.15) is 4.98 Å². The van der Waals surface area contributed by atoms with E-state index < -0.39 is 29.1 Å². The summed E-state index contributed by atoms with van der Waals surface area (Å²) < 4.78 is 44.8. The van der Waals surface area contributed by atoms with Gasteiger partial charge in [0.15, 0.2) is 5.65 Å². The second-order valence-electron chi connectivity index (χ2n) is 10.3. The number of pyridine rings is 1. The summed E-state index contributed by atoms with van der Waals surface area (Å²) >= 11 is 0. The first kappa shape index (κ1) is 28.8. The summed E-state index contributed by atoms with van der Waals surface area (Å²) in [6.45, 7) is 8.60. The number of fused-ring (bicyclic) bond motifs is 1. The number of para-hydroxylation sites is 1. The van der Waals surface area contributed by atoms with Crippen LogP contribution < -0.4 is 21.5 Å². The number of nitrogens with two attached hydrogens (primary N) is 1. The lowest BCUT2D eigenvalue weighted by Gasteiger charge is -2.21. The van der Waals surface area contributed by atoms with E-state index in [0.29, 0.717) is 35.4 Å². The predicted molar refractivity (Wildman–Crippen MR) is 161 cm³/mol. The molecule has 2 aromatic heterocycles. The SMILES string of the molecule is C=C(NC1=CC(C)C(F)C=C1)c1ccc(C)c(-c2nc(N(C)CCN)nc3c2ccc(=O)n3-c2c(F)cccc2F)c1. The van der Waals surface area contributed by atoms with Gasteiger partial charge in [-0.25, -0.2) is 18.2 Å². The Hall–Kier alpha value is -4.70. The van der Waals surface area contributed by atoms with E-state index in [1.807, 2.05) is 31.2 Å². The highest BCUT2D eigenvalue weighted by atomic mass is 19.1. The number of halogens is 3. The zero-order valence-electron chi connectivity index (χ0n) is 23.5. The van der Waals surface area contributed by atoms with Crippen molar-refractivity contribution in [2.75, 3.05) is 25.0 Å². The van der Waals surface area contributed by atoms with Gasteiger partial charge in [-0.1, -0.05) is 37.8 Å². The lowest BCUT2D eigenvalue weighted by Crippen LogP contribution is -2.28. The standard InChI is InChI=1S/C32H31F3N6O/c1-18-8-9-21(20(3)37-22-10-12-25(33)19(2)16-22)17-24(18)29-23-11-13-28(42)41(30-26(34)6-5-7-27(30)35)31(23)39-32(38-29)40(4)15-14-36/h5-13,16-17,19,25,37H,3,14-15,36H2,1-2,4H3. The number of aromatic nitrogens is 3. The van der Waals surface area contributed by atoms with Crippen LogP contribution in [0.1, 0.15) is 18.1 Å². The smallest absolute Gasteiger partial charge is 0.256 e. The van der Waals surface area contributed by atoms with Gasteiger partial charge in [0.2, 0.25) is 5.95 Å². The minimum Gasteiger partial charge on any atom is -0.356 e. The Kier molecular flexibility index (Phi) is 8.00. The maximum absolute atomic E-state index is 15.0. The molecule has 10 heteroatoms. The third-order valence-electron chi connectivity index (χ3n) is 7.25. The van der Waals surface area contributed by atoms with Crippen LogP contribution in [-0.2, 0) is 0 Å². The van der Waals surface area contributed by atoms with Gasteiger partial charge in [0.1, 0.15) is 23.5 Å². The molecule has 0 amide bonds. The molecule has 42 heavy (non-hydrogen) atoms. The largest absolute Gasteiger partial charge is 0.356 e. The summed E-state index contributed by atoms with van der Waals surface area (Å²) in [6, 6.07) is 11.9. The van der Waals surface area contributed by atoms with Crippen LogP contribution in [0.5, 0.6) is 0 Å². The van der Waals surface area contributed by atoms with Crippen LogP contribution in [0, 0.1) is 24.5 Å². The van der Waals surface area contributed by atoms with Crippen LogP contribution in [0.2, 0.25) is 0 Å². The van der Waals surface area contributed by atoms with Crippen molar-refractivity contribution in [2.24, 2.45) is 11.7 Å². The quantitative estimate of drug-likeness (QED) is 0.293. The molecule has 0 saturated heterocycles. The molecule has 0 fully saturated rings. The molecule has 2 unspecified atom stereocenters. The zero-order chi connectivity index (χ0) is 30.1. The minimum absolute atomic E-state index is 0.0457. The summed E-state index contributed by atoms with van der Waals surface area (Å²) in [7, 11) is 1.75. The van der Waals surface area contributed by atoms with Gasteiger partial charge in [-0.3, -0.25) is 9.36 Å². The van der Waals surface area contributed by atoms with Crippen molar-refractivity contribution in [3.63, 3.8) is 0 Å². The third kappa shape index (κ3) is 5.45. The van der Waals surface area contributed by atoms with Crippen LogP contribution in [0.15, 0.2) is 83.8 Å². The van der Waals surface area contributed by atoms with Crippen LogP contribution in [0.25, 0.3) is 33.7 Å². The molecule has 1 aliphatic rings. The van der Waals surface area contributed by atoms with E-state index in [1.165, 1.54) is 18.2 Å². The van der Waals surface area contributed by atoms with E-state index >= 15 is 0 Å². The molecule has 1 aliphatic carbocycles. The third-order valence-corrected chi connectivity index (χ3v) is 7.25. The van der Waals surface area contributed by atoms with Crippen LogP contribution in [0.3, 0.4) is 0 Å². The van der Waals surface area contributed by atoms with E-state index in [9.17, 15) is 18.0 Å². The summed E-state index contributed by atoms with van der Waals surface area (Å²) in [5.41, 5.74) is 8.75. The van der Waals surface area contributed by atoms with E-state index in [1.54, 1.807) is 31.0 Å². The molecule has 0 aliphatic heterocycles. The molecule has 2 aromatic carbocycles. The first-order valence-corrected chi connectivity index (χ1v) is 13.5. The maximum Gasteiger partial charge on any atom is 0.256 e. The summed E-state index contributed by atoms with van der Waals surface area (Å²) in [6.07, 6.45) is 3.96. The molecular formula is C32H31F3N6O. The molecule has 0 spiro atoms. The molecule has 0 bridgehead atoms. The Morgan fingerprint density at radius 3 is 2.57 bits per heavy atom. The molecular weight excluding hydrogens is 541 g/mol. The van der Waals surface area contributed by atoms with Gasteiger partial charge in [-0.05, 0) is 54.5 Å². The Bertz CT molecular complexity index is 1790. The average Bonchev–Trinajstić information content (AvgIpc) is 2.95. The minimum atomic E-state index is -1.04. The first-order chi connectivity index (χ1) is 20.1. The topological polar surface area (TPSA) is 89.1 Å². The Labute approximate surface area is 241 Å². The predicted octanol–water partition coefficient (Wildman–Crippen LogP) is 5.42. The van der Waals surface area contributed by atoms with Gasteiger partial charge in [0.05, 0.1) is 5.69 Å². The van der Waals surface area contributed by atoms with Crippen molar-refractivity contribution in [1.82, 2.24) is 19.9 Å². The number of aryl methyl sites for hydroxylation is 1. The fourth-order valence-electron chi connectivity index (χ4n) is 4.89. The lowest BCUT2D eigenvalue weighted by atomic mass is 9.97. The van der Waals surface area contributed by atoms with E-state index in [2.05, 4.69) is 16.9 Å². The Balaban J connectivity index is 1.71. The summed E-state index contributed by atoms with van der Waals surface area (Å²) in [4.78, 5) is 24.3. The maximum atomic E-state index is 15.0. The van der Waals surface area contributed by atoms with E-state index in [-0.39, 0.29) is 17.5 Å². The molecule has 2 atom stereocenters. The van der Waals surface area contributed by atoms with Gasteiger partial charge >= 0.3 is 0 Å². The number of rotatable bonds is 8. The number of nitrogens with one attached hydrogen (secondary N) is 1. The summed E-state index contributed by atoms with van der Waals surface area (Å²) in [5.74, 6) is -1.84. The van der Waals surface area contributed by atoms with Gasteiger partial charge in [0, 0.05) is 54.5 Å². The number of anilines is 1. The number of nitrogens with zero attached hydrogens (tertiary/aromatic N) is 4. The van der Waals surface area contributed by atoms with Crippen molar-refractivity contribution in [3.05, 3.63) is 112 Å². The highest BCUT2D eigenvalue weighted by Crippen LogP contribution is 2.33. The Morgan fingerprint density at radius 2 is 1.88 bits per heavy atom. The average molecular weight is 573 g/mol. The Morgan fingerprint density at radius 1 is 1.14 bits per heavy atom. The fourth-order valence-corrected chi connectivity index (χ4v) is 4.89. The first-order valence-electron chi connectivity index (χ1n) is 13.5. The molecule has 3 N–H and O–H groups in total. The fraction of sp³-hybridized carbons (Fsp3) is 0.219. The van der Waals surface area contributed by atoms with E-state index in [0.717, 1.165) is 33.5 Å². The van der Waals surface area contributed by atoms with Crippen LogP contribution in [-0.4, -0.2) is 40.8 Å². The van der Waals surface area contributed by atoms with Crippen LogP contribution >= 0.6 is 0 Å². The normalized spacial score (nSPS) is 16.4. The number of hydrogen-bond acceptors (Lipinski definition) is 6. The molecule has 7 nitrogen and oxygen atoms in total. The number of likely N-dealkylation sites (N-methyl/N-ethyl adjacent to an activating group) is 1. The van der Waals surface area contributed by atoms with Crippen molar-refractivity contribution in [1.29, 1.82) is 0 Å². The second-order valence-corrected chi connectivity index (χ2v) is 10.3. The summed E-state index contributed by atoms with van der Waals surface area (Å²) in [5, 5.41) is 3.67. The van der Waals surface area contributed by atoms with Crippen molar-refractivity contribution in [3.8, 4) is 16.9 Å². The number of alkyl halides is 1. The highest BCUT2D eigenvalue weighted by Gasteiger charge is 2.22. The van der Waals surface area contributed by atoms with Crippen molar-refractivity contribution in [2.45, 2.75) is 20.0 Å². The molecule has 0 saturated carbocycles. The van der Waals surface area contributed by atoms with E-state index in [4.69, 9.17) is 10.7 Å². The monoisotopic (exact) mass is 572 g/mol. The molecule has 2 heterocycles. The molecule has 216 valence electrons. The second kappa shape index (κ2) is 11.7. The van der Waals surface area contributed by atoms with Gasteiger partial charge in [0.25, 0.3) is 5.56 Å². The lowest BCUT2D eigenvalue weighted by molar-refractivity contribution is 0.332. The van der Waals surface area contributed by atoms with Crippen LogP contribution in [0.4, 0.5) is 19.1 Å². The number of allylic oxidation sites excluding steroid dienone is 3. The zero-order valence-corrected chi connectivity index (χ0v) is 23.5. The number of hydrogen-bond donors (Lipinski definition) is 2. The molecule has 0 radical (unpaired) electrons. The van der Waals surface area contributed by atoms with Gasteiger partial charge in [-0.15, -0.1) is 0 Å². The highest BCUT2D eigenvalue weighted by molar-refractivity contribution is 5.93.